The van der Waals surface area contributed by atoms with Crippen LogP contribution in [0.3, 0.4) is 0 Å². The molecular formula is C8H11O2P3. The summed E-state index contributed by atoms with van der Waals surface area (Å²) in [7, 11) is 3.72. The maximum Gasteiger partial charge on any atom is 0.361 e. The van der Waals surface area contributed by atoms with E-state index in [1.165, 1.54) is 17.0 Å². The number of rotatable bonds is 0. The molecule has 0 radical (unpaired) electrons. The van der Waals surface area contributed by atoms with E-state index in [0.29, 0.717) is 0 Å². The monoisotopic (exact) mass is 232 g/mol. The van der Waals surface area contributed by atoms with Crippen LogP contribution in [0.4, 0.5) is 0 Å². The first-order valence-electron chi connectivity index (χ1n) is 4.16. The highest BCUT2D eigenvalue weighted by atomic mass is 32.0. The van der Waals surface area contributed by atoms with Crippen LogP contribution in [0.15, 0.2) is 9.21 Å². The standard InChI is InChI=1S/C8H11O2P3/c1-5-6-4-13(11)3-2-7(6)10-8(9)12-5/h2-4,11H2,1H3. The molecule has 0 bridgehead atoms. The summed E-state index contributed by atoms with van der Waals surface area (Å²) in [6.45, 7) is 2.04. The minimum absolute atomic E-state index is 0.0661. The largest absolute Gasteiger partial charge is 0.424 e. The molecule has 13 heavy (non-hydrogen) atoms. The first-order valence-corrected chi connectivity index (χ1v) is 8.38. The Balaban J connectivity index is 2.53. The zero-order valence-electron chi connectivity index (χ0n) is 7.41. The van der Waals surface area contributed by atoms with Gasteiger partial charge in [-0.1, -0.05) is 7.61 Å². The fourth-order valence-corrected chi connectivity index (χ4v) is 4.82. The Morgan fingerprint density at radius 1 is 1.62 bits per heavy atom. The van der Waals surface area contributed by atoms with Crippen LogP contribution in [0.1, 0.15) is 16.6 Å². The molecule has 0 aromatic carbocycles. The van der Waals surface area contributed by atoms with Gasteiger partial charge in [0.15, 0.2) is 0 Å². The van der Waals surface area contributed by atoms with Gasteiger partial charge in [-0.25, -0.2) is 4.79 Å². The highest BCUT2D eigenvalue weighted by Gasteiger charge is 2.19. The molecule has 5 heteroatoms. The maximum atomic E-state index is 11.1. The lowest BCUT2D eigenvalue weighted by Gasteiger charge is -2.20. The summed E-state index contributed by atoms with van der Waals surface area (Å²) in [5, 5.41) is 1.09. The van der Waals surface area contributed by atoms with Gasteiger partial charge in [-0.05, 0) is 18.4 Å². The van der Waals surface area contributed by atoms with Crippen molar-refractivity contribution in [2.24, 2.45) is 0 Å². The molecule has 2 unspecified atom stereocenters. The molecule has 1 aromatic heterocycles. The van der Waals surface area contributed by atoms with Gasteiger partial charge in [-0.3, -0.25) is 0 Å². The number of hydrogen-bond acceptors (Lipinski definition) is 2. The minimum Gasteiger partial charge on any atom is -0.424 e. The van der Waals surface area contributed by atoms with Crippen molar-refractivity contribution in [2.45, 2.75) is 19.5 Å². The Hall–Kier alpha value is 0.240. The fraction of sp³-hybridized carbons (Fsp3) is 0.500. The summed E-state index contributed by atoms with van der Waals surface area (Å²) in [6.07, 6.45) is 3.24. The minimum atomic E-state index is -0.105. The molecule has 0 saturated heterocycles. The van der Waals surface area contributed by atoms with Crippen LogP contribution in [0.25, 0.3) is 0 Å². The molecule has 2 rings (SSSR count). The Bertz CT molecular complexity index is 385. The molecule has 70 valence electrons. The maximum absolute atomic E-state index is 11.1. The van der Waals surface area contributed by atoms with E-state index in [4.69, 9.17) is 4.42 Å². The Kier molecular flexibility index (Phi) is 2.84. The third-order valence-corrected chi connectivity index (χ3v) is 5.95. The lowest BCUT2D eigenvalue weighted by atomic mass is 10.2. The molecule has 2 heterocycles. The second kappa shape index (κ2) is 3.77. The van der Waals surface area contributed by atoms with Crippen molar-refractivity contribution < 1.29 is 4.42 Å². The van der Waals surface area contributed by atoms with Crippen molar-refractivity contribution in [1.29, 1.82) is 0 Å². The molecular weight excluding hydrogens is 221 g/mol. The molecule has 0 saturated carbocycles. The van der Waals surface area contributed by atoms with Crippen LogP contribution in [0, 0.1) is 6.92 Å². The molecule has 0 fully saturated rings. The van der Waals surface area contributed by atoms with Crippen LogP contribution < -0.4 is 5.36 Å². The van der Waals surface area contributed by atoms with E-state index in [0.717, 1.165) is 26.5 Å². The molecule has 0 spiro atoms. The molecule has 1 aliphatic heterocycles. The quantitative estimate of drug-likeness (QED) is 0.644. The Morgan fingerprint density at radius 2 is 2.38 bits per heavy atom. The van der Waals surface area contributed by atoms with Gasteiger partial charge in [0.2, 0.25) is 0 Å². The predicted octanol–water partition coefficient (Wildman–Crippen LogP) is 2.86. The molecule has 0 amide bonds. The molecule has 1 aliphatic rings. The van der Waals surface area contributed by atoms with Crippen molar-refractivity contribution in [2.75, 3.05) is 6.16 Å². The third-order valence-electron chi connectivity index (χ3n) is 2.23. The number of aryl methyl sites for hydroxylation is 2. The van der Waals surface area contributed by atoms with Crippen LogP contribution in [-0.4, -0.2) is 6.16 Å². The highest BCUT2D eigenvalue weighted by Crippen LogP contribution is 2.52. The van der Waals surface area contributed by atoms with E-state index >= 15 is 0 Å². The molecule has 2 atom stereocenters. The predicted molar refractivity (Wildman–Crippen MR) is 61.1 cm³/mol. The van der Waals surface area contributed by atoms with Gasteiger partial charge in [0.25, 0.3) is 0 Å². The first kappa shape index (κ1) is 9.78. The third kappa shape index (κ3) is 2.01. The average Bonchev–Trinajstić information content (AvgIpc) is 2.06. The van der Waals surface area contributed by atoms with Crippen molar-refractivity contribution in [3.05, 3.63) is 26.8 Å². The van der Waals surface area contributed by atoms with Gasteiger partial charge in [0.1, 0.15) is 5.76 Å². The lowest BCUT2D eigenvalue weighted by Crippen LogP contribution is -2.08. The summed E-state index contributed by atoms with van der Waals surface area (Å²) >= 11 is 0. The van der Waals surface area contributed by atoms with E-state index in [1.54, 1.807) is 0 Å². The summed E-state index contributed by atoms with van der Waals surface area (Å²) in [4.78, 5) is 11.1. The molecule has 2 nitrogen and oxygen atoms in total. The lowest BCUT2D eigenvalue weighted by molar-refractivity contribution is 0.473. The normalized spacial score (nSPS) is 21.8. The zero-order valence-corrected chi connectivity index (χ0v) is 10.4. The van der Waals surface area contributed by atoms with Crippen LogP contribution in [0.5, 0.6) is 0 Å². The van der Waals surface area contributed by atoms with E-state index in [-0.39, 0.29) is 13.0 Å². The molecule has 1 aromatic rings. The van der Waals surface area contributed by atoms with Crippen LogP contribution >= 0.6 is 24.7 Å². The second-order valence-electron chi connectivity index (χ2n) is 3.19. The van der Waals surface area contributed by atoms with E-state index in [2.05, 4.69) is 8.93 Å². The summed E-state index contributed by atoms with van der Waals surface area (Å²) in [5.41, 5.74) is 1.31. The second-order valence-corrected chi connectivity index (χ2v) is 8.58. The van der Waals surface area contributed by atoms with Crippen molar-refractivity contribution in [3.63, 3.8) is 0 Å². The number of fused-ring (bicyclic) bond motifs is 1. The zero-order chi connectivity index (χ0) is 9.42. The molecule has 0 aliphatic carbocycles. The highest BCUT2D eigenvalue weighted by molar-refractivity contribution is 8.13. The van der Waals surface area contributed by atoms with Crippen molar-refractivity contribution in [3.8, 4) is 0 Å². The Morgan fingerprint density at radius 3 is 3.15 bits per heavy atom. The molecule has 0 N–H and O–H groups in total. The van der Waals surface area contributed by atoms with Gasteiger partial charge in [0, 0.05) is 26.3 Å². The van der Waals surface area contributed by atoms with Crippen LogP contribution in [0.2, 0.25) is 0 Å². The summed E-state index contributed by atoms with van der Waals surface area (Å²) in [5.74, 6) is 0.947. The number of hydrogen-bond donors (Lipinski definition) is 0. The van der Waals surface area contributed by atoms with E-state index in [1.807, 2.05) is 6.92 Å². The van der Waals surface area contributed by atoms with Crippen molar-refractivity contribution >= 4 is 24.7 Å². The Labute approximate surface area is 82.1 Å². The summed E-state index contributed by atoms with van der Waals surface area (Å²) in [6, 6.07) is 0. The smallest absolute Gasteiger partial charge is 0.361 e. The van der Waals surface area contributed by atoms with Gasteiger partial charge in [-0.2, -0.15) is 0 Å². The summed E-state index contributed by atoms with van der Waals surface area (Å²) < 4.78 is 5.22. The first-order chi connectivity index (χ1) is 6.16. The van der Waals surface area contributed by atoms with Crippen molar-refractivity contribution in [1.82, 2.24) is 0 Å². The van der Waals surface area contributed by atoms with Gasteiger partial charge < -0.3 is 4.42 Å². The SMILES string of the molecule is Cc1pc(=O)oc2c1CP(P)CC2. The van der Waals surface area contributed by atoms with E-state index < -0.39 is 0 Å². The van der Waals surface area contributed by atoms with E-state index in [9.17, 15) is 4.79 Å². The van der Waals surface area contributed by atoms with Gasteiger partial charge in [-0.15, -0.1) is 8.93 Å². The average molecular weight is 232 g/mol. The van der Waals surface area contributed by atoms with Crippen LogP contribution in [-0.2, 0) is 12.6 Å². The van der Waals surface area contributed by atoms with Gasteiger partial charge >= 0.3 is 5.36 Å². The fourth-order valence-electron chi connectivity index (χ4n) is 1.53. The topological polar surface area (TPSA) is 30.2 Å². The van der Waals surface area contributed by atoms with Gasteiger partial charge in [0.05, 0.1) is 0 Å².